The van der Waals surface area contributed by atoms with E-state index in [-0.39, 0.29) is 6.04 Å². The Bertz CT molecular complexity index is 465. The van der Waals surface area contributed by atoms with Crippen LogP contribution in [0.2, 0.25) is 0 Å². The van der Waals surface area contributed by atoms with Crippen molar-refractivity contribution in [3.63, 3.8) is 0 Å². The van der Waals surface area contributed by atoms with Crippen LogP contribution in [0.5, 0.6) is 0 Å². The lowest BCUT2D eigenvalue weighted by Crippen LogP contribution is -2.25. The minimum atomic E-state index is 0.228. The normalized spacial score (nSPS) is 12.7. The van der Waals surface area contributed by atoms with Gasteiger partial charge in [0.25, 0.3) is 0 Å². The quantitative estimate of drug-likeness (QED) is 0.806. The van der Waals surface area contributed by atoms with E-state index in [0.717, 1.165) is 43.9 Å². The first-order chi connectivity index (χ1) is 9.35. The van der Waals surface area contributed by atoms with Crippen LogP contribution in [0.15, 0.2) is 17.2 Å². The molecule has 1 atom stereocenters. The summed E-state index contributed by atoms with van der Waals surface area (Å²) in [6.07, 6.45) is 4.66. The van der Waals surface area contributed by atoms with E-state index in [0.29, 0.717) is 0 Å². The number of nitrogens with zero attached hydrogens (tertiary/aromatic N) is 4. The molecule has 2 heterocycles. The van der Waals surface area contributed by atoms with Crippen LogP contribution in [0.25, 0.3) is 0 Å². The molecule has 0 aromatic carbocycles. The van der Waals surface area contributed by atoms with Gasteiger partial charge in [-0.1, -0.05) is 13.8 Å². The summed E-state index contributed by atoms with van der Waals surface area (Å²) in [5.41, 5.74) is 2.98. The average molecular weight is 279 g/mol. The zero-order chi connectivity index (χ0) is 13.5. The molecule has 0 aliphatic rings. The number of hydrogen-bond acceptors (Lipinski definition) is 5. The molecule has 2 aromatic heterocycles. The summed E-state index contributed by atoms with van der Waals surface area (Å²) in [5, 5.41) is 9.93. The molecule has 1 N–H and O–H groups in total. The van der Waals surface area contributed by atoms with Crippen molar-refractivity contribution in [2.24, 2.45) is 0 Å². The Morgan fingerprint density at radius 1 is 1.32 bits per heavy atom. The lowest BCUT2D eigenvalue weighted by Gasteiger charge is -2.16. The van der Waals surface area contributed by atoms with Crippen molar-refractivity contribution in [1.82, 2.24) is 25.1 Å². The van der Waals surface area contributed by atoms with Gasteiger partial charge in [0.05, 0.1) is 17.2 Å². The highest BCUT2D eigenvalue weighted by Crippen LogP contribution is 2.17. The van der Waals surface area contributed by atoms with Gasteiger partial charge in [-0.25, -0.2) is 9.97 Å². The molecule has 0 aliphatic carbocycles. The van der Waals surface area contributed by atoms with Crippen molar-refractivity contribution in [2.75, 3.05) is 6.54 Å². The minimum absolute atomic E-state index is 0.228. The van der Waals surface area contributed by atoms with Gasteiger partial charge in [0.15, 0.2) is 0 Å². The number of nitrogens with one attached hydrogen (secondary N) is 1. The van der Waals surface area contributed by atoms with Crippen molar-refractivity contribution in [2.45, 2.75) is 45.7 Å². The molecule has 0 amide bonds. The van der Waals surface area contributed by atoms with Gasteiger partial charge in [-0.3, -0.25) is 4.68 Å². The summed E-state index contributed by atoms with van der Waals surface area (Å²) < 4.78 is 1.99. The topological polar surface area (TPSA) is 55.6 Å². The first-order valence-corrected chi connectivity index (χ1v) is 7.77. The third-order valence-corrected chi connectivity index (χ3v) is 3.57. The Balaban J connectivity index is 2.08. The molecule has 0 bridgehead atoms. The monoisotopic (exact) mass is 279 g/mol. The van der Waals surface area contributed by atoms with E-state index in [4.69, 9.17) is 0 Å². The second-order valence-corrected chi connectivity index (χ2v) is 5.24. The van der Waals surface area contributed by atoms with E-state index in [9.17, 15) is 0 Å². The smallest absolute Gasteiger partial charge is 0.138 e. The number of hydrogen-bond donors (Lipinski definition) is 1. The van der Waals surface area contributed by atoms with E-state index in [1.807, 2.05) is 10.2 Å². The van der Waals surface area contributed by atoms with E-state index in [1.165, 1.54) is 0 Å². The van der Waals surface area contributed by atoms with Crippen LogP contribution in [-0.4, -0.2) is 26.3 Å². The fourth-order valence-corrected chi connectivity index (χ4v) is 2.63. The van der Waals surface area contributed by atoms with Gasteiger partial charge in [-0.2, -0.15) is 5.10 Å². The van der Waals surface area contributed by atoms with Gasteiger partial charge < -0.3 is 5.32 Å². The molecule has 0 spiro atoms. The molecule has 2 rings (SSSR count). The summed E-state index contributed by atoms with van der Waals surface area (Å²) in [6.45, 7) is 6.24. The zero-order valence-corrected chi connectivity index (χ0v) is 12.4. The number of aryl methyl sites for hydroxylation is 1. The van der Waals surface area contributed by atoms with Crippen LogP contribution in [-0.2, 0) is 13.0 Å². The second kappa shape index (κ2) is 7.35. The van der Waals surface area contributed by atoms with Crippen LogP contribution in [0.3, 0.4) is 0 Å². The molecule has 1 unspecified atom stereocenters. The van der Waals surface area contributed by atoms with E-state index < -0.39 is 0 Å². The highest BCUT2D eigenvalue weighted by atomic mass is 32.1. The summed E-state index contributed by atoms with van der Waals surface area (Å²) >= 11 is 1.63. The second-order valence-electron chi connectivity index (χ2n) is 4.52. The van der Waals surface area contributed by atoms with Gasteiger partial charge in [0.1, 0.15) is 12.2 Å². The van der Waals surface area contributed by atoms with Crippen molar-refractivity contribution < 1.29 is 0 Å². The first-order valence-electron chi connectivity index (χ1n) is 6.83. The molecule has 104 valence electrons. The highest BCUT2D eigenvalue weighted by molar-refractivity contribution is 7.07. The van der Waals surface area contributed by atoms with E-state index in [2.05, 4.69) is 39.6 Å². The summed E-state index contributed by atoms with van der Waals surface area (Å²) in [7, 11) is 0. The van der Waals surface area contributed by atoms with Crippen molar-refractivity contribution in [3.05, 3.63) is 28.7 Å². The molecule has 0 saturated carbocycles. The number of aromatic nitrogens is 4. The molecule has 5 nitrogen and oxygen atoms in total. The minimum Gasteiger partial charge on any atom is -0.308 e. The Labute approximate surface area is 118 Å². The number of rotatable bonds is 8. The lowest BCUT2D eigenvalue weighted by molar-refractivity contribution is 0.482. The Kier molecular flexibility index (Phi) is 5.47. The molecule has 0 saturated heterocycles. The third kappa shape index (κ3) is 3.84. The van der Waals surface area contributed by atoms with Gasteiger partial charge in [0, 0.05) is 18.3 Å². The summed E-state index contributed by atoms with van der Waals surface area (Å²) in [4.78, 5) is 8.80. The van der Waals surface area contributed by atoms with E-state index >= 15 is 0 Å². The van der Waals surface area contributed by atoms with Crippen LogP contribution in [0, 0.1) is 0 Å². The zero-order valence-electron chi connectivity index (χ0n) is 11.5. The standard InChI is InChI=1S/C13H21N5S/c1-3-5-14-11(12-8-19-10-16-12)7-13-15-9-17-18(13)6-4-2/h8-11,14H,3-7H2,1-2H3. The van der Waals surface area contributed by atoms with Crippen molar-refractivity contribution in [3.8, 4) is 0 Å². The first kappa shape index (κ1) is 14.1. The highest BCUT2D eigenvalue weighted by Gasteiger charge is 2.16. The van der Waals surface area contributed by atoms with Gasteiger partial charge in [-0.05, 0) is 19.4 Å². The molecule has 0 aliphatic heterocycles. The molecule has 2 aromatic rings. The Morgan fingerprint density at radius 3 is 2.89 bits per heavy atom. The average Bonchev–Trinajstić information content (AvgIpc) is 3.06. The maximum Gasteiger partial charge on any atom is 0.138 e. The van der Waals surface area contributed by atoms with Gasteiger partial charge in [-0.15, -0.1) is 11.3 Å². The van der Waals surface area contributed by atoms with Crippen LogP contribution < -0.4 is 5.32 Å². The van der Waals surface area contributed by atoms with E-state index in [1.54, 1.807) is 17.7 Å². The maximum absolute atomic E-state index is 4.42. The van der Waals surface area contributed by atoms with Gasteiger partial charge in [0.2, 0.25) is 0 Å². The molecular formula is C13H21N5S. The Morgan fingerprint density at radius 2 is 2.21 bits per heavy atom. The Hall–Kier alpha value is -1.27. The van der Waals surface area contributed by atoms with Crippen molar-refractivity contribution >= 4 is 11.3 Å². The fraction of sp³-hybridized carbons (Fsp3) is 0.615. The van der Waals surface area contributed by atoms with Crippen molar-refractivity contribution in [1.29, 1.82) is 0 Å². The lowest BCUT2D eigenvalue weighted by atomic mass is 10.1. The molecular weight excluding hydrogens is 258 g/mol. The summed E-state index contributed by atoms with van der Waals surface area (Å²) in [6, 6.07) is 0.228. The van der Waals surface area contributed by atoms with Crippen LogP contribution in [0.1, 0.15) is 44.2 Å². The summed E-state index contributed by atoms with van der Waals surface area (Å²) in [5.74, 6) is 1.03. The SMILES string of the molecule is CCCNC(Cc1ncnn1CCC)c1cscn1. The van der Waals surface area contributed by atoms with Crippen LogP contribution >= 0.6 is 11.3 Å². The predicted molar refractivity (Wildman–Crippen MR) is 77.2 cm³/mol. The number of thiazole rings is 1. The maximum atomic E-state index is 4.42. The molecule has 0 fully saturated rings. The molecule has 6 heteroatoms. The van der Waals surface area contributed by atoms with Crippen LogP contribution in [0.4, 0.5) is 0 Å². The predicted octanol–water partition coefficient (Wildman–Crippen LogP) is 2.43. The molecule has 19 heavy (non-hydrogen) atoms. The van der Waals surface area contributed by atoms with Gasteiger partial charge >= 0.3 is 0 Å². The molecule has 0 radical (unpaired) electrons. The largest absolute Gasteiger partial charge is 0.308 e. The third-order valence-electron chi connectivity index (χ3n) is 2.97. The fourth-order valence-electron chi connectivity index (χ4n) is 2.02.